The summed E-state index contributed by atoms with van der Waals surface area (Å²) in [5, 5.41) is 23.8. The first-order valence-electron chi connectivity index (χ1n) is 10.6. The zero-order valence-corrected chi connectivity index (χ0v) is 17.7. The van der Waals surface area contributed by atoms with E-state index in [-0.39, 0.29) is 52.7 Å². The van der Waals surface area contributed by atoms with Gasteiger partial charge in [0.2, 0.25) is 0 Å². The van der Waals surface area contributed by atoms with E-state index in [9.17, 15) is 19.8 Å². The van der Waals surface area contributed by atoms with E-state index in [0.717, 1.165) is 6.42 Å². The lowest BCUT2D eigenvalue weighted by molar-refractivity contribution is -0.187. The Bertz CT molecular complexity index is 844. The molecule has 28 heavy (non-hydrogen) atoms. The molecular formula is C23H32O5. The van der Waals surface area contributed by atoms with Gasteiger partial charge in [0.05, 0.1) is 17.3 Å². The SMILES string of the molecule is CC(=O)CC12CC(C)C3(O)C(C4OC4(C)CC4(O)C(=O)C(C)=CC43)C1C2(C)C. The number of ketones is 2. The highest BCUT2D eigenvalue weighted by atomic mass is 16.6. The van der Waals surface area contributed by atoms with Crippen LogP contribution < -0.4 is 0 Å². The Hall–Kier alpha value is -1.04. The number of epoxide rings is 1. The number of hydrogen-bond acceptors (Lipinski definition) is 5. The molecule has 5 heteroatoms. The standard InChI is InChI=1S/C23H32O5/c1-11-7-14-22(26,17(11)25)10-20(6)18(28-20)15-16-19(4,5)21(16,9-13(3)24)8-12(2)23(14,15)27/h7,12,14-16,18,26-27H,8-10H2,1-6H3. The molecule has 1 aliphatic heterocycles. The molecule has 3 saturated carbocycles. The van der Waals surface area contributed by atoms with Crippen molar-refractivity contribution in [1.29, 1.82) is 0 Å². The summed E-state index contributed by atoms with van der Waals surface area (Å²) in [7, 11) is 0. The van der Waals surface area contributed by atoms with Crippen molar-refractivity contribution in [2.45, 2.75) is 83.7 Å². The molecule has 0 aromatic rings. The van der Waals surface area contributed by atoms with Gasteiger partial charge in [0, 0.05) is 24.7 Å². The fourth-order valence-electron chi connectivity index (χ4n) is 8.30. The molecule has 1 heterocycles. The van der Waals surface area contributed by atoms with Gasteiger partial charge in [-0.1, -0.05) is 26.8 Å². The molecule has 5 rings (SSSR count). The fraction of sp³-hybridized carbons (Fsp3) is 0.826. The van der Waals surface area contributed by atoms with Crippen LogP contribution in [0.1, 0.15) is 60.8 Å². The van der Waals surface area contributed by atoms with Crippen molar-refractivity contribution in [3.05, 3.63) is 11.6 Å². The van der Waals surface area contributed by atoms with Crippen LogP contribution in [0.3, 0.4) is 0 Å². The van der Waals surface area contributed by atoms with E-state index in [1.807, 2.05) is 19.9 Å². The van der Waals surface area contributed by atoms with E-state index >= 15 is 0 Å². The van der Waals surface area contributed by atoms with Crippen LogP contribution in [0.2, 0.25) is 0 Å². The molecule has 0 bridgehead atoms. The highest BCUT2D eigenvalue weighted by Crippen LogP contribution is 2.83. The van der Waals surface area contributed by atoms with Crippen molar-refractivity contribution in [3.63, 3.8) is 0 Å². The average Bonchev–Trinajstić information content (AvgIpc) is 3.31. The summed E-state index contributed by atoms with van der Waals surface area (Å²) in [6.07, 6.45) is 3.10. The zero-order chi connectivity index (χ0) is 20.7. The van der Waals surface area contributed by atoms with E-state index in [1.54, 1.807) is 13.8 Å². The monoisotopic (exact) mass is 388 g/mol. The largest absolute Gasteiger partial charge is 0.388 e. The highest BCUT2D eigenvalue weighted by Gasteiger charge is 2.85. The maximum Gasteiger partial charge on any atom is 0.190 e. The maximum absolute atomic E-state index is 12.9. The Morgan fingerprint density at radius 1 is 1.29 bits per heavy atom. The predicted molar refractivity (Wildman–Crippen MR) is 102 cm³/mol. The molecule has 0 spiro atoms. The molecule has 9 unspecified atom stereocenters. The van der Waals surface area contributed by atoms with Gasteiger partial charge < -0.3 is 19.7 Å². The van der Waals surface area contributed by atoms with Gasteiger partial charge in [0.1, 0.15) is 11.4 Å². The van der Waals surface area contributed by atoms with E-state index in [0.29, 0.717) is 12.0 Å². The Balaban J connectivity index is 1.69. The summed E-state index contributed by atoms with van der Waals surface area (Å²) in [5.74, 6) is -0.900. The van der Waals surface area contributed by atoms with Crippen molar-refractivity contribution < 1.29 is 24.5 Å². The molecule has 2 N–H and O–H groups in total. The number of hydrogen-bond donors (Lipinski definition) is 2. The normalized spacial score (nSPS) is 57.9. The molecule has 0 aromatic heterocycles. The summed E-state index contributed by atoms with van der Waals surface area (Å²) in [6, 6.07) is 0. The quantitative estimate of drug-likeness (QED) is 0.710. The van der Waals surface area contributed by atoms with Crippen LogP contribution >= 0.6 is 0 Å². The third-order valence-electron chi connectivity index (χ3n) is 9.56. The van der Waals surface area contributed by atoms with Gasteiger partial charge in [-0.3, -0.25) is 4.79 Å². The molecule has 0 radical (unpaired) electrons. The predicted octanol–water partition coefficient (Wildman–Crippen LogP) is 2.43. The minimum atomic E-state index is -1.61. The van der Waals surface area contributed by atoms with Crippen LogP contribution in [0.4, 0.5) is 0 Å². The van der Waals surface area contributed by atoms with E-state index < -0.39 is 22.7 Å². The minimum absolute atomic E-state index is 0.0846. The zero-order valence-electron chi connectivity index (χ0n) is 17.7. The van der Waals surface area contributed by atoms with Gasteiger partial charge in [0.15, 0.2) is 5.78 Å². The maximum atomic E-state index is 12.9. The lowest BCUT2D eigenvalue weighted by Gasteiger charge is -2.51. The van der Waals surface area contributed by atoms with E-state index in [1.165, 1.54) is 0 Å². The molecule has 1 saturated heterocycles. The first-order valence-corrected chi connectivity index (χ1v) is 10.6. The molecule has 154 valence electrons. The lowest BCUT2D eigenvalue weighted by atomic mass is 9.57. The van der Waals surface area contributed by atoms with Gasteiger partial charge in [0.25, 0.3) is 0 Å². The third kappa shape index (κ3) is 1.81. The van der Waals surface area contributed by atoms with Crippen LogP contribution in [0.25, 0.3) is 0 Å². The van der Waals surface area contributed by atoms with Crippen LogP contribution in [-0.4, -0.2) is 44.7 Å². The molecule has 5 nitrogen and oxygen atoms in total. The van der Waals surface area contributed by atoms with Gasteiger partial charge in [-0.2, -0.15) is 0 Å². The first-order chi connectivity index (χ1) is 12.8. The number of Topliss-reactive ketones (excluding diaryl/α,β-unsaturated/α-hetero) is 2. The number of carbonyl (C=O) groups is 2. The van der Waals surface area contributed by atoms with Crippen molar-refractivity contribution in [3.8, 4) is 0 Å². The summed E-state index contributed by atoms with van der Waals surface area (Å²) in [4.78, 5) is 25.1. The van der Waals surface area contributed by atoms with Gasteiger partial charge in [-0.15, -0.1) is 0 Å². The number of aliphatic hydroxyl groups is 2. The van der Waals surface area contributed by atoms with Gasteiger partial charge >= 0.3 is 0 Å². The number of fused-ring (bicyclic) bond motifs is 7. The first kappa shape index (κ1) is 19.0. The molecule has 4 fully saturated rings. The Kier molecular flexibility index (Phi) is 3.26. The highest BCUT2D eigenvalue weighted by molar-refractivity contribution is 6.04. The molecular weight excluding hydrogens is 356 g/mol. The second-order valence-corrected chi connectivity index (χ2v) is 11.4. The minimum Gasteiger partial charge on any atom is -0.388 e. The van der Waals surface area contributed by atoms with Crippen LogP contribution in [0, 0.1) is 34.5 Å². The summed E-state index contributed by atoms with van der Waals surface area (Å²) in [5.41, 5.74) is -3.12. The molecule has 4 aliphatic carbocycles. The Labute approximate surface area is 166 Å². The lowest BCUT2D eigenvalue weighted by Crippen LogP contribution is -2.61. The molecule has 5 aliphatic rings. The van der Waals surface area contributed by atoms with Crippen LogP contribution in [0.5, 0.6) is 0 Å². The fourth-order valence-corrected chi connectivity index (χ4v) is 8.30. The smallest absolute Gasteiger partial charge is 0.190 e. The molecule has 0 aromatic carbocycles. The van der Waals surface area contributed by atoms with Gasteiger partial charge in [-0.25, -0.2) is 0 Å². The van der Waals surface area contributed by atoms with Crippen molar-refractivity contribution in [2.75, 3.05) is 0 Å². The van der Waals surface area contributed by atoms with Crippen molar-refractivity contribution in [2.24, 2.45) is 34.5 Å². The van der Waals surface area contributed by atoms with Gasteiger partial charge in [-0.05, 0) is 55.4 Å². The number of ether oxygens (including phenoxy) is 1. The third-order valence-corrected chi connectivity index (χ3v) is 9.56. The Morgan fingerprint density at radius 3 is 2.54 bits per heavy atom. The number of rotatable bonds is 2. The van der Waals surface area contributed by atoms with Crippen molar-refractivity contribution >= 4 is 11.6 Å². The Morgan fingerprint density at radius 2 is 1.93 bits per heavy atom. The topological polar surface area (TPSA) is 87.1 Å². The number of carbonyl (C=O) groups excluding carboxylic acids is 2. The van der Waals surface area contributed by atoms with E-state index in [4.69, 9.17) is 4.74 Å². The average molecular weight is 389 g/mol. The molecule has 9 atom stereocenters. The summed E-state index contributed by atoms with van der Waals surface area (Å²) < 4.78 is 6.15. The summed E-state index contributed by atoms with van der Waals surface area (Å²) >= 11 is 0. The molecule has 0 amide bonds. The summed E-state index contributed by atoms with van der Waals surface area (Å²) in [6.45, 7) is 11.8. The van der Waals surface area contributed by atoms with Crippen molar-refractivity contribution in [1.82, 2.24) is 0 Å². The van der Waals surface area contributed by atoms with Crippen LogP contribution in [0.15, 0.2) is 11.6 Å². The second kappa shape index (κ2) is 4.81. The van der Waals surface area contributed by atoms with E-state index in [2.05, 4.69) is 13.8 Å². The second-order valence-electron chi connectivity index (χ2n) is 11.4. The van der Waals surface area contributed by atoms with Crippen LogP contribution in [-0.2, 0) is 14.3 Å².